The van der Waals surface area contributed by atoms with E-state index in [2.05, 4.69) is 4.98 Å². The van der Waals surface area contributed by atoms with Crippen molar-refractivity contribution < 1.29 is 32.7 Å². The van der Waals surface area contributed by atoms with E-state index in [0.29, 0.717) is 0 Å². The molecular weight excluding hydrogens is 293 g/mol. The van der Waals surface area contributed by atoms with Crippen molar-refractivity contribution in [2.45, 2.75) is 26.3 Å². The summed E-state index contributed by atoms with van der Waals surface area (Å²) in [5, 5.41) is 10.5. The SMILES string of the molecule is Cc1[nH]c(C(=O)C(=O)NC(CF)C(F)F)c(C)c1C(=O)O. The third-order valence-corrected chi connectivity index (χ3v) is 2.87. The maximum absolute atomic E-state index is 12.3. The van der Waals surface area contributed by atoms with E-state index >= 15 is 0 Å². The molecule has 116 valence electrons. The van der Waals surface area contributed by atoms with Crippen molar-refractivity contribution in [2.24, 2.45) is 0 Å². The molecule has 1 aromatic rings. The van der Waals surface area contributed by atoms with E-state index in [4.69, 9.17) is 5.11 Å². The van der Waals surface area contributed by atoms with Gasteiger partial charge in [0, 0.05) is 5.69 Å². The van der Waals surface area contributed by atoms with Crippen LogP contribution in [0, 0.1) is 13.8 Å². The van der Waals surface area contributed by atoms with Crippen LogP contribution >= 0.6 is 0 Å². The lowest BCUT2D eigenvalue weighted by Gasteiger charge is -2.13. The number of alkyl halides is 3. The number of aromatic amines is 1. The molecule has 0 spiro atoms. The van der Waals surface area contributed by atoms with Crippen molar-refractivity contribution in [1.82, 2.24) is 10.3 Å². The molecule has 1 aromatic heterocycles. The number of aromatic carboxylic acids is 1. The summed E-state index contributed by atoms with van der Waals surface area (Å²) >= 11 is 0. The number of carboxylic acid groups (broad SMARTS) is 1. The molecule has 0 aliphatic carbocycles. The molecule has 0 radical (unpaired) electrons. The van der Waals surface area contributed by atoms with E-state index in [0.717, 1.165) is 0 Å². The Labute approximate surface area is 117 Å². The van der Waals surface area contributed by atoms with Crippen LogP contribution in [-0.4, -0.2) is 46.9 Å². The highest BCUT2D eigenvalue weighted by Crippen LogP contribution is 2.18. The Morgan fingerprint density at radius 3 is 2.24 bits per heavy atom. The Bertz CT molecular complexity index is 583. The number of carbonyl (C=O) groups excluding carboxylic acids is 2. The molecule has 1 atom stereocenters. The van der Waals surface area contributed by atoms with Crippen LogP contribution in [0.3, 0.4) is 0 Å². The van der Waals surface area contributed by atoms with Gasteiger partial charge >= 0.3 is 5.97 Å². The molecule has 1 rings (SSSR count). The number of rotatable bonds is 6. The summed E-state index contributed by atoms with van der Waals surface area (Å²) in [7, 11) is 0. The van der Waals surface area contributed by atoms with Gasteiger partial charge in [0.2, 0.25) is 0 Å². The monoisotopic (exact) mass is 306 g/mol. The first kappa shape index (κ1) is 16.7. The molecule has 3 N–H and O–H groups in total. The number of carboxylic acids is 1. The minimum Gasteiger partial charge on any atom is -0.478 e. The van der Waals surface area contributed by atoms with Crippen LogP contribution in [0.15, 0.2) is 0 Å². The van der Waals surface area contributed by atoms with Gasteiger partial charge in [-0.2, -0.15) is 0 Å². The third-order valence-electron chi connectivity index (χ3n) is 2.87. The first-order valence-electron chi connectivity index (χ1n) is 5.82. The van der Waals surface area contributed by atoms with Gasteiger partial charge in [-0.1, -0.05) is 0 Å². The highest BCUT2D eigenvalue weighted by atomic mass is 19.3. The predicted octanol–water partition coefficient (Wildman–Crippen LogP) is 1.23. The lowest BCUT2D eigenvalue weighted by Crippen LogP contribution is -2.44. The van der Waals surface area contributed by atoms with Gasteiger partial charge in [0.05, 0.1) is 11.3 Å². The molecule has 0 bridgehead atoms. The molecule has 0 saturated heterocycles. The number of nitrogens with one attached hydrogen (secondary N) is 2. The molecule has 9 heteroatoms. The maximum atomic E-state index is 12.3. The summed E-state index contributed by atoms with van der Waals surface area (Å²) in [4.78, 5) is 36.8. The van der Waals surface area contributed by atoms with Crippen molar-refractivity contribution in [3.05, 3.63) is 22.5 Å². The Balaban J connectivity index is 3.02. The van der Waals surface area contributed by atoms with Crippen LogP contribution in [0.2, 0.25) is 0 Å². The number of hydrogen-bond donors (Lipinski definition) is 3. The normalized spacial score (nSPS) is 12.3. The molecule has 0 aliphatic heterocycles. The van der Waals surface area contributed by atoms with Crippen molar-refractivity contribution in [1.29, 1.82) is 0 Å². The zero-order valence-corrected chi connectivity index (χ0v) is 11.2. The van der Waals surface area contributed by atoms with Crippen LogP contribution in [0.1, 0.15) is 32.1 Å². The van der Waals surface area contributed by atoms with Gasteiger partial charge in [0.25, 0.3) is 18.1 Å². The Kier molecular flexibility index (Phi) is 5.12. The topological polar surface area (TPSA) is 99.3 Å². The minimum atomic E-state index is -3.16. The van der Waals surface area contributed by atoms with Crippen LogP contribution < -0.4 is 5.32 Å². The lowest BCUT2D eigenvalue weighted by molar-refractivity contribution is -0.119. The largest absolute Gasteiger partial charge is 0.478 e. The molecular formula is C12H13F3N2O4. The summed E-state index contributed by atoms with van der Waals surface area (Å²) in [6.07, 6.45) is -3.16. The fraction of sp³-hybridized carbons (Fsp3) is 0.417. The molecule has 1 heterocycles. The van der Waals surface area contributed by atoms with E-state index in [1.165, 1.54) is 13.8 Å². The maximum Gasteiger partial charge on any atom is 0.337 e. The quantitative estimate of drug-likeness (QED) is 0.544. The first-order chi connectivity index (χ1) is 9.70. The number of halogens is 3. The standard InChI is InChI=1S/C12H13F3N2O4/c1-4-7(12(20)21)5(2)16-8(4)9(18)11(19)17-6(3-13)10(14)15/h6,10,16H,3H2,1-2H3,(H,17,19)(H,20,21). The number of H-pyrrole nitrogens is 1. The second kappa shape index (κ2) is 6.42. The molecule has 1 amide bonds. The van der Waals surface area contributed by atoms with Gasteiger partial charge in [-0.25, -0.2) is 18.0 Å². The molecule has 1 unspecified atom stereocenters. The highest BCUT2D eigenvalue weighted by molar-refractivity contribution is 6.42. The predicted molar refractivity (Wildman–Crippen MR) is 65.5 cm³/mol. The summed E-state index contributed by atoms with van der Waals surface area (Å²) in [5.74, 6) is -3.96. The minimum absolute atomic E-state index is 0.00833. The number of hydrogen-bond acceptors (Lipinski definition) is 3. The zero-order valence-electron chi connectivity index (χ0n) is 11.2. The van der Waals surface area contributed by atoms with E-state index in [1.807, 2.05) is 0 Å². The molecule has 0 aromatic carbocycles. The fourth-order valence-electron chi connectivity index (χ4n) is 1.81. The Hall–Kier alpha value is -2.32. The van der Waals surface area contributed by atoms with Crippen LogP contribution in [0.25, 0.3) is 0 Å². The van der Waals surface area contributed by atoms with Gasteiger partial charge in [0.1, 0.15) is 12.7 Å². The summed E-state index contributed by atoms with van der Waals surface area (Å²) in [5.41, 5.74) is -0.350. The van der Waals surface area contributed by atoms with Gasteiger partial charge < -0.3 is 15.4 Å². The molecule has 21 heavy (non-hydrogen) atoms. The average Bonchev–Trinajstić information content (AvgIpc) is 2.69. The van der Waals surface area contributed by atoms with E-state index in [9.17, 15) is 27.6 Å². The second-order valence-corrected chi connectivity index (χ2v) is 4.33. The molecule has 0 fully saturated rings. The van der Waals surface area contributed by atoms with Crippen molar-refractivity contribution in [2.75, 3.05) is 6.67 Å². The van der Waals surface area contributed by atoms with Crippen LogP contribution in [0.4, 0.5) is 13.2 Å². The van der Waals surface area contributed by atoms with Gasteiger partial charge in [-0.05, 0) is 19.4 Å². The highest BCUT2D eigenvalue weighted by Gasteiger charge is 2.29. The van der Waals surface area contributed by atoms with Gasteiger partial charge in [-0.15, -0.1) is 0 Å². The molecule has 0 saturated carbocycles. The number of carbonyl (C=O) groups is 3. The first-order valence-corrected chi connectivity index (χ1v) is 5.82. The number of Topliss-reactive ketones (excluding diaryl/α,β-unsaturated/α-hetero) is 1. The summed E-state index contributed by atoms with van der Waals surface area (Å²) < 4.78 is 37.0. The molecule has 0 aliphatic rings. The van der Waals surface area contributed by atoms with E-state index in [-0.39, 0.29) is 22.5 Å². The van der Waals surface area contributed by atoms with Crippen molar-refractivity contribution in [3.8, 4) is 0 Å². The van der Waals surface area contributed by atoms with Crippen LogP contribution in [-0.2, 0) is 4.79 Å². The molecule has 6 nitrogen and oxygen atoms in total. The lowest BCUT2D eigenvalue weighted by atomic mass is 10.1. The number of aromatic nitrogens is 1. The smallest absolute Gasteiger partial charge is 0.337 e. The van der Waals surface area contributed by atoms with Gasteiger partial charge in [-0.3, -0.25) is 9.59 Å². The fourth-order valence-corrected chi connectivity index (χ4v) is 1.81. The summed E-state index contributed by atoms with van der Waals surface area (Å²) in [6.45, 7) is 1.15. The van der Waals surface area contributed by atoms with E-state index in [1.54, 1.807) is 5.32 Å². The van der Waals surface area contributed by atoms with Gasteiger partial charge in [0.15, 0.2) is 0 Å². The third kappa shape index (κ3) is 3.41. The Morgan fingerprint density at radius 1 is 1.29 bits per heavy atom. The van der Waals surface area contributed by atoms with Crippen LogP contribution in [0.5, 0.6) is 0 Å². The number of ketones is 1. The van der Waals surface area contributed by atoms with E-state index < -0.39 is 36.8 Å². The van der Waals surface area contributed by atoms with Crippen molar-refractivity contribution in [3.63, 3.8) is 0 Å². The summed E-state index contributed by atoms with van der Waals surface area (Å²) in [6, 6.07) is -2.09. The van der Waals surface area contributed by atoms with Crippen molar-refractivity contribution >= 4 is 17.7 Å². The average molecular weight is 306 g/mol. The number of amides is 1. The zero-order chi connectivity index (χ0) is 16.3. The Morgan fingerprint density at radius 2 is 1.86 bits per heavy atom. The second-order valence-electron chi connectivity index (χ2n) is 4.33. The number of aryl methyl sites for hydroxylation is 1.